The Morgan fingerprint density at radius 3 is 2.64 bits per heavy atom. The van der Waals surface area contributed by atoms with Crippen LogP contribution in [0.3, 0.4) is 0 Å². The lowest BCUT2D eigenvalue weighted by molar-refractivity contribution is -0.124. The van der Waals surface area contributed by atoms with Gasteiger partial charge >= 0.3 is 6.09 Å². The molecular formula is C27H33N5O4. The topological polar surface area (TPSA) is 126 Å². The quantitative estimate of drug-likeness (QED) is 0.418. The molecule has 1 unspecified atom stereocenters. The standard InChI is InChI=1S/C27H33N5O4/c1-2-36-26(35)31-24(28)19-8-7-9-20(18-19)27(15-4-5-16-29-27)25(34)30-21-11-13-22(14-12-21)32-17-6-3-10-23(32)33/h7-9,11-14,18,29H,2-6,10,15-17H2,1H3,(H,30,34)(H2,28,31,35). The minimum atomic E-state index is -0.958. The Hall–Kier alpha value is -3.72. The van der Waals surface area contributed by atoms with E-state index in [4.69, 9.17) is 10.5 Å². The number of benzene rings is 2. The van der Waals surface area contributed by atoms with Gasteiger partial charge in [-0.2, -0.15) is 4.99 Å². The number of amidine groups is 1. The van der Waals surface area contributed by atoms with Crippen molar-refractivity contribution >= 4 is 35.1 Å². The number of hydrogen-bond acceptors (Lipinski definition) is 5. The molecule has 2 fully saturated rings. The Kier molecular flexibility index (Phi) is 8.00. The Morgan fingerprint density at radius 1 is 1.14 bits per heavy atom. The van der Waals surface area contributed by atoms with Crippen LogP contribution in [0.4, 0.5) is 16.2 Å². The van der Waals surface area contributed by atoms with Crippen LogP contribution in [0.2, 0.25) is 0 Å². The fourth-order valence-electron chi connectivity index (χ4n) is 4.78. The van der Waals surface area contributed by atoms with Crippen LogP contribution in [0, 0.1) is 0 Å². The lowest BCUT2D eigenvalue weighted by Crippen LogP contribution is -2.54. The van der Waals surface area contributed by atoms with Gasteiger partial charge in [0, 0.05) is 29.9 Å². The van der Waals surface area contributed by atoms with Crippen molar-refractivity contribution in [1.29, 1.82) is 0 Å². The second-order valence-electron chi connectivity index (χ2n) is 9.07. The van der Waals surface area contributed by atoms with E-state index in [0.29, 0.717) is 30.6 Å². The molecule has 9 heteroatoms. The molecule has 4 N–H and O–H groups in total. The van der Waals surface area contributed by atoms with Gasteiger partial charge in [0.2, 0.25) is 11.8 Å². The average Bonchev–Trinajstić information content (AvgIpc) is 2.90. The highest BCUT2D eigenvalue weighted by atomic mass is 16.5. The molecular weight excluding hydrogens is 458 g/mol. The predicted octanol–water partition coefficient (Wildman–Crippen LogP) is 3.67. The summed E-state index contributed by atoms with van der Waals surface area (Å²) in [4.78, 5) is 43.3. The van der Waals surface area contributed by atoms with E-state index in [2.05, 4.69) is 15.6 Å². The zero-order valence-electron chi connectivity index (χ0n) is 20.6. The molecule has 2 aromatic rings. The van der Waals surface area contributed by atoms with Crippen LogP contribution < -0.4 is 21.3 Å². The molecule has 4 rings (SSSR count). The van der Waals surface area contributed by atoms with E-state index >= 15 is 0 Å². The molecule has 2 aliphatic rings. The molecule has 36 heavy (non-hydrogen) atoms. The lowest BCUT2D eigenvalue weighted by Gasteiger charge is -2.37. The monoisotopic (exact) mass is 491 g/mol. The number of nitrogens with zero attached hydrogens (tertiary/aromatic N) is 2. The number of nitrogens with one attached hydrogen (secondary N) is 2. The van der Waals surface area contributed by atoms with Crippen LogP contribution in [-0.4, -0.2) is 43.4 Å². The minimum Gasteiger partial charge on any atom is -0.448 e. The Bertz CT molecular complexity index is 1140. The highest BCUT2D eigenvalue weighted by Gasteiger charge is 2.41. The Morgan fingerprint density at radius 2 is 1.94 bits per heavy atom. The Balaban J connectivity index is 1.56. The SMILES string of the molecule is CCOC(=O)N=C(N)c1cccc(C2(C(=O)Nc3ccc(N4CCCCC4=O)cc3)CCCCN2)c1. The van der Waals surface area contributed by atoms with E-state index in [-0.39, 0.29) is 24.3 Å². The summed E-state index contributed by atoms with van der Waals surface area (Å²) in [7, 11) is 0. The molecule has 0 bridgehead atoms. The van der Waals surface area contributed by atoms with E-state index in [9.17, 15) is 14.4 Å². The van der Waals surface area contributed by atoms with Crippen molar-refractivity contribution in [2.24, 2.45) is 10.7 Å². The molecule has 0 saturated carbocycles. The highest BCUT2D eigenvalue weighted by molar-refractivity contribution is 6.04. The van der Waals surface area contributed by atoms with Gasteiger partial charge in [0.25, 0.3) is 0 Å². The third-order valence-electron chi connectivity index (χ3n) is 6.68. The van der Waals surface area contributed by atoms with Crippen LogP contribution in [0.15, 0.2) is 53.5 Å². The number of hydrogen-bond donors (Lipinski definition) is 3. The molecule has 0 radical (unpaired) electrons. The first-order valence-electron chi connectivity index (χ1n) is 12.5. The first kappa shape index (κ1) is 25.4. The maximum atomic E-state index is 13.7. The number of amides is 3. The molecule has 9 nitrogen and oxygen atoms in total. The van der Waals surface area contributed by atoms with Crippen molar-refractivity contribution in [2.75, 3.05) is 29.9 Å². The van der Waals surface area contributed by atoms with Crippen LogP contribution in [0.5, 0.6) is 0 Å². The first-order valence-corrected chi connectivity index (χ1v) is 12.5. The van der Waals surface area contributed by atoms with E-state index in [1.165, 1.54) is 0 Å². The number of anilines is 2. The molecule has 2 saturated heterocycles. The van der Waals surface area contributed by atoms with Gasteiger partial charge < -0.3 is 20.7 Å². The zero-order chi connectivity index (χ0) is 25.5. The van der Waals surface area contributed by atoms with Crippen molar-refractivity contribution in [3.8, 4) is 0 Å². The molecule has 0 spiro atoms. The van der Waals surface area contributed by atoms with E-state index in [1.807, 2.05) is 30.3 Å². The summed E-state index contributed by atoms with van der Waals surface area (Å²) in [6.07, 6.45) is 4.20. The number of rotatable bonds is 6. The van der Waals surface area contributed by atoms with Gasteiger partial charge in [-0.15, -0.1) is 0 Å². The smallest absolute Gasteiger partial charge is 0.435 e. The normalized spacial score (nSPS) is 20.6. The summed E-state index contributed by atoms with van der Waals surface area (Å²) in [5, 5.41) is 6.48. The molecule has 0 aromatic heterocycles. The summed E-state index contributed by atoms with van der Waals surface area (Å²) in [5.41, 5.74) is 7.87. The zero-order valence-corrected chi connectivity index (χ0v) is 20.6. The third-order valence-corrected chi connectivity index (χ3v) is 6.68. The van der Waals surface area contributed by atoms with Gasteiger partial charge in [0.05, 0.1) is 6.61 Å². The van der Waals surface area contributed by atoms with Crippen LogP contribution >= 0.6 is 0 Å². The fourth-order valence-corrected chi connectivity index (χ4v) is 4.78. The molecule has 190 valence electrons. The highest BCUT2D eigenvalue weighted by Crippen LogP contribution is 2.33. The number of nitrogens with two attached hydrogens (primary N) is 1. The van der Waals surface area contributed by atoms with Gasteiger partial charge in [-0.1, -0.05) is 18.2 Å². The number of piperidine rings is 2. The van der Waals surface area contributed by atoms with Crippen molar-refractivity contribution < 1.29 is 19.1 Å². The van der Waals surface area contributed by atoms with E-state index in [1.54, 1.807) is 30.0 Å². The second kappa shape index (κ2) is 11.3. The number of carbonyl (C=O) groups is 3. The summed E-state index contributed by atoms with van der Waals surface area (Å²) < 4.78 is 4.85. The lowest BCUT2D eigenvalue weighted by atomic mass is 9.80. The van der Waals surface area contributed by atoms with Gasteiger partial charge in [-0.05, 0) is 81.5 Å². The largest absolute Gasteiger partial charge is 0.448 e. The summed E-state index contributed by atoms with van der Waals surface area (Å²) in [5.74, 6) is -0.0133. The molecule has 3 amide bonds. The average molecular weight is 492 g/mol. The number of ether oxygens (including phenoxy) is 1. The molecule has 0 aliphatic carbocycles. The van der Waals surface area contributed by atoms with Crippen LogP contribution in [0.25, 0.3) is 0 Å². The maximum Gasteiger partial charge on any atom is 0.435 e. The second-order valence-corrected chi connectivity index (χ2v) is 9.07. The van der Waals surface area contributed by atoms with Crippen molar-refractivity contribution in [1.82, 2.24) is 5.32 Å². The summed E-state index contributed by atoms with van der Waals surface area (Å²) in [6, 6.07) is 14.6. The van der Waals surface area contributed by atoms with Crippen LogP contribution in [-0.2, 0) is 19.9 Å². The maximum absolute atomic E-state index is 13.7. The van der Waals surface area contributed by atoms with Gasteiger partial charge in [-0.25, -0.2) is 4.79 Å². The van der Waals surface area contributed by atoms with Crippen molar-refractivity contribution in [3.63, 3.8) is 0 Å². The molecule has 1 atom stereocenters. The van der Waals surface area contributed by atoms with Crippen LogP contribution in [0.1, 0.15) is 56.6 Å². The van der Waals surface area contributed by atoms with E-state index < -0.39 is 11.6 Å². The molecule has 2 heterocycles. The summed E-state index contributed by atoms with van der Waals surface area (Å²) >= 11 is 0. The van der Waals surface area contributed by atoms with Gasteiger partial charge in [0.1, 0.15) is 11.4 Å². The number of carbonyl (C=O) groups excluding carboxylic acids is 3. The predicted molar refractivity (Wildman–Crippen MR) is 139 cm³/mol. The van der Waals surface area contributed by atoms with Crippen molar-refractivity contribution in [2.45, 2.75) is 51.0 Å². The Labute approximate surface area is 211 Å². The molecule has 2 aliphatic heterocycles. The van der Waals surface area contributed by atoms with Gasteiger partial charge in [0.15, 0.2) is 0 Å². The first-order chi connectivity index (χ1) is 17.4. The fraction of sp³-hybridized carbons (Fsp3) is 0.407. The van der Waals surface area contributed by atoms with E-state index in [0.717, 1.165) is 43.5 Å². The molecule has 2 aromatic carbocycles. The number of aliphatic imine (C=N–C) groups is 1. The third kappa shape index (κ3) is 5.57. The minimum absolute atomic E-state index is 0.0320. The van der Waals surface area contributed by atoms with Crippen molar-refractivity contribution in [3.05, 3.63) is 59.7 Å². The van der Waals surface area contributed by atoms with Gasteiger partial charge in [-0.3, -0.25) is 14.9 Å². The summed E-state index contributed by atoms with van der Waals surface area (Å²) in [6.45, 7) is 3.32.